The third-order valence-corrected chi connectivity index (χ3v) is 4.68. The van der Waals surface area contributed by atoms with E-state index >= 15 is 0 Å². The molecule has 5 aromatic rings. The molecule has 0 amide bonds. The van der Waals surface area contributed by atoms with Gasteiger partial charge in [-0.1, -0.05) is 60.2 Å². The molecule has 0 spiro atoms. The van der Waals surface area contributed by atoms with Crippen molar-refractivity contribution in [1.29, 1.82) is 0 Å². The van der Waals surface area contributed by atoms with E-state index in [2.05, 4.69) is 60.0 Å². The number of benzene rings is 3. The summed E-state index contributed by atoms with van der Waals surface area (Å²) in [6.45, 7) is 2.92. The van der Waals surface area contributed by atoms with Gasteiger partial charge in [0.05, 0.1) is 16.6 Å². The quantitative estimate of drug-likeness (QED) is 0.453. The largest absolute Gasteiger partial charge is 0.319 e. The molecule has 120 valence electrons. The minimum Gasteiger partial charge on any atom is -0.319 e. The van der Waals surface area contributed by atoms with Crippen molar-refractivity contribution in [1.82, 2.24) is 14.5 Å². The lowest BCUT2D eigenvalue weighted by atomic mass is 10.1. The van der Waals surface area contributed by atoms with Gasteiger partial charge in [-0.05, 0) is 30.7 Å². The summed E-state index contributed by atoms with van der Waals surface area (Å²) in [5, 5.41) is 1.16. The number of nitrogens with zero attached hydrogens (tertiary/aromatic N) is 3. The fourth-order valence-corrected chi connectivity index (χ4v) is 3.54. The Morgan fingerprint density at radius 3 is 2.40 bits per heavy atom. The highest BCUT2D eigenvalue weighted by Crippen LogP contribution is 2.28. The lowest BCUT2D eigenvalue weighted by molar-refractivity contribution is 0.856. The average Bonchev–Trinajstić information content (AvgIpc) is 2.93. The van der Waals surface area contributed by atoms with Crippen LogP contribution in [0.2, 0.25) is 0 Å². The second kappa shape index (κ2) is 5.42. The van der Waals surface area contributed by atoms with Gasteiger partial charge in [-0.3, -0.25) is 0 Å². The molecule has 3 aromatic carbocycles. The summed E-state index contributed by atoms with van der Waals surface area (Å²) in [5.74, 6) is 0. The Morgan fingerprint density at radius 1 is 0.800 bits per heavy atom. The van der Waals surface area contributed by atoms with Gasteiger partial charge in [-0.15, -0.1) is 0 Å². The SMILES string of the molecule is Cc1cccc(Cn2c3ccccc3c3nc4ccccc4nc32)c1. The lowest BCUT2D eigenvalue weighted by Gasteiger charge is -2.08. The van der Waals surface area contributed by atoms with Gasteiger partial charge in [0, 0.05) is 11.9 Å². The monoisotopic (exact) mass is 323 g/mol. The van der Waals surface area contributed by atoms with Crippen LogP contribution in [0, 0.1) is 6.92 Å². The zero-order valence-electron chi connectivity index (χ0n) is 14.0. The maximum atomic E-state index is 4.93. The number of fused-ring (bicyclic) bond motifs is 4. The minimum absolute atomic E-state index is 0.790. The van der Waals surface area contributed by atoms with E-state index in [1.165, 1.54) is 16.6 Å². The van der Waals surface area contributed by atoms with Crippen LogP contribution in [0.5, 0.6) is 0 Å². The zero-order chi connectivity index (χ0) is 16.8. The molecule has 0 aliphatic rings. The minimum atomic E-state index is 0.790. The van der Waals surface area contributed by atoms with Gasteiger partial charge >= 0.3 is 0 Å². The molecular weight excluding hydrogens is 306 g/mol. The van der Waals surface area contributed by atoms with Crippen molar-refractivity contribution < 1.29 is 0 Å². The summed E-state index contributed by atoms with van der Waals surface area (Å²) in [6.07, 6.45) is 0. The van der Waals surface area contributed by atoms with E-state index in [1.54, 1.807) is 0 Å². The molecule has 25 heavy (non-hydrogen) atoms. The Bertz CT molecular complexity index is 1230. The Kier molecular flexibility index (Phi) is 3.07. The van der Waals surface area contributed by atoms with E-state index in [9.17, 15) is 0 Å². The molecule has 0 radical (unpaired) electrons. The van der Waals surface area contributed by atoms with Crippen molar-refractivity contribution >= 4 is 33.1 Å². The molecule has 5 rings (SSSR count). The number of rotatable bonds is 2. The van der Waals surface area contributed by atoms with Crippen LogP contribution in [-0.2, 0) is 6.54 Å². The van der Waals surface area contributed by atoms with Gasteiger partial charge in [0.1, 0.15) is 5.52 Å². The summed E-state index contributed by atoms with van der Waals surface area (Å²) < 4.78 is 2.28. The topological polar surface area (TPSA) is 30.7 Å². The van der Waals surface area contributed by atoms with Gasteiger partial charge < -0.3 is 4.57 Å². The summed E-state index contributed by atoms with van der Waals surface area (Å²) in [4.78, 5) is 9.84. The number of hydrogen-bond acceptors (Lipinski definition) is 2. The summed E-state index contributed by atoms with van der Waals surface area (Å²) in [6, 6.07) is 25.1. The normalized spacial score (nSPS) is 11.6. The fraction of sp³-hybridized carbons (Fsp3) is 0.0909. The molecule has 0 fully saturated rings. The van der Waals surface area contributed by atoms with E-state index < -0.39 is 0 Å². The van der Waals surface area contributed by atoms with E-state index in [0.29, 0.717) is 0 Å². The fourth-order valence-electron chi connectivity index (χ4n) is 3.54. The van der Waals surface area contributed by atoms with Crippen LogP contribution in [0.3, 0.4) is 0 Å². The van der Waals surface area contributed by atoms with E-state index in [0.717, 1.165) is 34.1 Å². The van der Waals surface area contributed by atoms with E-state index in [1.807, 2.05) is 24.3 Å². The van der Waals surface area contributed by atoms with Crippen molar-refractivity contribution in [2.24, 2.45) is 0 Å². The van der Waals surface area contributed by atoms with Crippen LogP contribution < -0.4 is 0 Å². The predicted molar refractivity (Wildman–Crippen MR) is 103 cm³/mol. The number of aromatic nitrogens is 3. The zero-order valence-corrected chi connectivity index (χ0v) is 14.0. The van der Waals surface area contributed by atoms with Gasteiger partial charge in [0.2, 0.25) is 0 Å². The van der Waals surface area contributed by atoms with Crippen LogP contribution >= 0.6 is 0 Å². The van der Waals surface area contributed by atoms with Crippen LogP contribution in [0.1, 0.15) is 11.1 Å². The van der Waals surface area contributed by atoms with Gasteiger partial charge in [-0.25, -0.2) is 9.97 Å². The van der Waals surface area contributed by atoms with E-state index in [4.69, 9.17) is 9.97 Å². The first-order chi connectivity index (χ1) is 12.3. The molecule has 0 atom stereocenters. The molecule has 3 heteroatoms. The number of para-hydroxylation sites is 3. The third kappa shape index (κ3) is 2.28. The van der Waals surface area contributed by atoms with Crippen LogP contribution in [-0.4, -0.2) is 14.5 Å². The molecular formula is C22H17N3. The van der Waals surface area contributed by atoms with Crippen molar-refractivity contribution in [3.05, 3.63) is 83.9 Å². The highest BCUT2D eigenvalue weighted by Gasteiger charge is 2.14. The lowest BCUT2D eigenvalue weighted by Crippen LogP contribution is -2.01. The van der Waals surface area contributed by atoms with E-state index in [-0.39, 0.29) is 0 Å². The molecule has 0 saturated carbocycles. The maximum Gasteiger partial charge on any atom is 0.160 e. The van der Waals surface area contributed by atoms with Crippen LogP contribution in [0.15, 0.2) is 72.8 Å². The van der Waals surface area contributed by atoms with Crippen molar-refractivity contribution in [2.45, 2.75) is 13.5 Å². The third-order valence-electron chi connectivity index (χ3n) is 4.68. The summed E-state index contributed by atoms with van der Waals surface area (Å²) in [7, 11) is 0. The molecule has 2 aromatic heterocycles. The highest BCUT2D eigenvalue weighted by atomic mass is 15.1. The molecule has 2 heterocycles. The molecule has 0 unspecified atom stereocenters. The first kappa shape index (κ1) is 14.2. The van der Waals surface area contributed by atoms with Crippen LogP contribution in [0.4, 0.5) is 0 Å². The number of hydrogen-bond donors (Lipinski definition) is 0. The molecule has 0 bridgehead atoms. The maximum absolute atomic E-state index is 4.93. The summed E-state index contributed by atoms with van der Waals surface area (Å²) >= 11 is 0. The molecule has 0 aliphatic heterocycles. The molecule has 0 saturated heterocycles. The number of aryl methyl sites for hydroxylation is 1. The first-order valence-electron chi connectivity index (χ1n) is 8.49. The summed E-state index contributed by atoms with van der Waals surface area (Å²) in [5.41, 5.74) is 7.52. The Balaban J connectivity index is 1.84. The standard InChI is InChI=1S/C22H17N3/c1-15-7-6-8-16(13-15)14-25-20-12-5-2-9-17(20)21-22(25)24-19-11-4-3-10-18(19)23-21/h2-13H,14H2,1H3. The second-order valence-corrected chi connectivity index (χ2v) is 6.48. The highest BCUT2D eigenvalue weighted by molar-refractivity contribution is 6.06. The van der Waals surface area contributed by atoms with Crippen molar-refractivity contribution in [2.75, 3.05) is 0 Å². The second-order valence-electron chi connectivity index (χ2n) is 6.48. The molecule has 3 nitrogen and oxygen atoms in total. The molecule has 0 N–H and O–H groups in total. The molecule has 0 aliphatic carbocycles. The van der Waals surface area contributed by atoms with Gasteiger partial charge in [0.25, 0.3) is 0 Å². The predicted octanol–water partition coefficient (Wildman–Crippen LogP) is 5.09. The smallest absolute Gasteiger partial charge is 0.160 e. The first-order valence-corrected chi connectivity index (χ1v) is 8.49. The van der Waals surface area contributed by atoms with Crippen LogP contribution in [0.25, 0.3) is 33.1 Å². The van der Waals surface area contributed by atoms with Crippen molar-refractivity contribution in [3.63, 3.8) is 0 Å². The Morgan fingerprint density at radius 2 is 1.56 bits per heavy atom. The van der Waals surface area contributed by atoms with Gasteiger partial charge in [0.15, 0.2) is 5.65 Å². The average molecular weight is 323 g/mol. The van der Waals surface area contributed by atoms with Crippen molar-refractivity contribution in [3.8, 4) is 0 Å². The Hall–Kier alpha value is -3.20. The van der Waals surface area contributed by atoms with Gasteiger partial charge in [-0.2, -0.15) is 0 Å². The Labute approximate surface area is 145 Å².